The quantitative estimate of drug-likeness (QED) is 0.352. The number of para-hydroxylation sites is 1. The molecule has 0 unspecified atom stereocenters. The first-order valence-electron chi connectivity index (χ1n) is 10.0. The van der Waals surface area contributed by atoms with Crippen LogP contribution in [0.5, 0.6) is 0 Å². The molecule has 1 aromatic heterocycles. The van der Waals surface area contributed by atoms with Gasteiger partial charge in [0, 0.05) is 12.6 Å². The molecule has 5 nitrogen and oxygen atoms in total. The van der Waals surface area contributed by atoms with Crippen molar-refractivity contribution in [2.75, 3.05) is 5.75 Å². The number of carbonyl (C=O) groups excluding carboxylic acids is 1. The molecular weight excluding hydrogens is 358 g/mol. The summed E-state index contributed by atoms with van der Waals surface area (Å²) in [5, 5.41) is 4.31. The molecule has 1 heterocycles. The first-order chi connectivity index (χ1) is 13.1. The van der Waals surface area contributed by atoms with Crippen LogP contribution < -0.4 is 10.9 Å². The van der Waals surface area contributed by atoms with Crippen LogP contribution in [0.1, 0.15) is 59.3 Å². The van der Waals surface area contributed by atoms with Gasteiger partial charge in [0.25, 0.3) is 5.56 Å². The van der Waals surface area contributed by atoms with Gasteiger partial charge in [-0.2, -0.15) is 0 Å². The molecule has 1 N–H and O–H groups in total. The third kappa shape index (κ3) is 6.09. The second-order valence-electron chi connectivity index (χ2n) is 6.80. The average molecular weight is 390 g/mol. The molecule has 0 fully saturated rings. The van der Waals surface area contributed by atoms with Crippen molar-refractivity contribution in [1.82, 2.24) is 14.9 Å². The van der Waals surface area contributed by atoms with Crippen LogP contribution in [-0.2, 0) is 11.3 Å². The Labute approximate surface area is 166 Å². The molecule has 0 saturated carbocycles. The number of benzene rings is 1. The lowest BCUT2D eigenvalue weighted by molar-refractivity contribution is -0.119. The Morgan fingerprint density at radius 2 is 1.89 bits per heavy atom. The van der Waals surface area contributed by atoms with Crippen molar-refractivity contribution < 1.29 is 4.79 Å². The Kier molecular flexibility index (Phi) is 8.85. The summed E-state index contributed by atoms with van der Waals surface area (Å²) >= 11 is 1.35. The number of carbonyl (C=O) groups is 1. The summed E-state index contributed by atoms with van der Waals surface area (Å²) in [5.74, 6) is 0.268. The minimum atomic E-state index is -0.0139. The number of rotatable bonds is 11. The first kappa shape index (κ1) is 21.5. The van der Waals surface area contributed by atoms with Crippen LogP contribution in [0.2, 0.25) is 0 Å². The van der Waals surface area contributed by atoms with E-state index < -0.39 is 0 Å². The molecule has 6 heteroatoms. The summed E-state index contributed by atoms with van der Waals surface area (Å²) in [6.07, 6.45) is 6.20. The molecule has 1 amide bonds. The number of hydrogen-bond donors (Lipinski definition) is 1. The zero-order valence-corrected chi connectivity index (χ0v) is 17.5. The van der Waals surface area contributed by atoms with E-state index >= 15 is 0 Å². The van der Waals surface area contributed by atoms with Gasteiger partial charge in [-0.15, -0.1) is 0 Å². The molecule has 27 heavy (non-hydrogen) atoms. The van der Waals surface area contributed by atoms with Crippen LogP contribution in [0.3, 0.4) is 0 Å². The van der Waals surface area contributed by atoms with Crippen molar-refractivity contribution in [2.24, 2.45) is 0 Å². The highest BCUT2D eigenvalue weighted by Crippen LogP contribution is 2.18. The third-order valence-electron chi connectivity index (χ3n) is 4.74. The van der Waals surface area contributed by atoms with Crippen molar-refractivity contribution >= 4 is 28.6 Å². The van der Waals surface area contributed by atoms with E-state index in [-0.39, 0.29) is 23.3 Å². The van der Waals surface area contributed by atoms with Gasteiger partial charge in [-0.25, -0.2) is 4.98 Å². The Morgan fingerprint density at radius 1 is 1.15 bits per heavy atom. The number of nitrogens with one attached hydrogen (secondary N) is 1. The zero-order valence-electron chi connectivity index (χ0n) is 16.7. The van der Waals surface area contributed by atoms with E-state index in [9.17, 15) is 9.59 Å². The molecule has 0 radical (unpaired) electrons. The van der Waals surface area contributed by atoms with Gasteiger partial charge in [-0.3, -0.25) is 14.2 Å². The van der Waals surface area contributed by atoms with Gasteiger partial charge in [-0.1, -0.05) is 63.9 Å². The molecule has 0 atom stereocenters. The molecule has 148 valence electrons. The van der Waals surface area contributed by atoms with E-state index in [1.54, 1.807) is 4.57 Å². The van der Waals surface area contributed by atoms with Crippen molar-refractivity contribution in [3.05, 3.63) is 34.6 Å². The molecular formula is C21H31N3O2S. The van der Waals surface area contributed by atoms with E-state index in [4.69, 9.17) is 0 Å². The topological polar surface area (TPSA) is 64.0 Å². The lowest BCUT2D eigenvalue weighted by atomic mass is 10.2. The van der Waals surface area contributed by atoms with Crippen LogP contribution in [0.4, 0.5) is 0 Å². The molecule has 0 aliphatic carbocycles. The van der Waals surface area contributed by atoms with Gasteiger partial charge in [0.2, 0.25) is 5.91 Å². The van der Waals surface area contributed by atoms with E-state index in [1.165, 1.54) is 11.8 Å². The second-order valence-corrected chi connectivity index (χ2v) is 7.74. The highest BCUT2D eigenvalue weighted by atomic mass is 32.2. The van der Waals surface area contributed by atoms with Gasteiger partial charge in [0.15, 0.2) is 5.16 Å². The van der Waals surface area contributed by atoms with Crippen LogP contribution in [0.15, 0.2) is 34.2 Å². The maximum atomic E-state index is 12.9. The molecule has 1 aromatic carbocycles. The molecule has 2 aromatic rings. The number of fused-ring (bicyclic) bond motifs is 1. The fourth-order valence-corrected chi connectivity index (χ4v) is 3.88. The number of thioether (sulfide) groups is 1. The van der Waals surface area contributed by atoms with Crippen molar-refractivity contribution in [3.8, 4) is 0 Å². The largest absolute Gasteiger partial charge is 0.353 e. The molecule has 0 aliphatic heterocycles. The SMILES string of the molecule is CCCCCCn1c(SCC(=O)NC(CC)CC)nc2ccccc2c1=O. The summed E-state index contributed by atoms with van der Waals surface area (Å²) in [5.41, 5.74) is 0.676. The van der Waals surface area contributed by atoms with E-state index in [1.807, 2.05) is 24.3 Å². The number of nitrogens with zero attached hydrogens (tertiary/aromatic N) is 2. The predicted octanol–water partition coefficient (Wildman–Crippen LogP) is 4.37. The van der Waals surface area contributed by atoms with E-state index in [0.717, 1.165) is 38.5 Å². The Hall–Kier alpha value is -1.82. The molecule has 0 spiro atoms. The average Bonchev–Trinajstić information content (AvgIpc) is 2.69. The Morgan fingerprint density at radius 3 is 2.59 bits per heavy atom. The van der Waals surface area contributed by atoms with E-state index in [0.29, 0.717) is 22.6 Å². The van der Waals surface area contributed by atoms with Gasteiger partial charge >= 0.3 is 0 Å². The lowest BCUT2D eigenvalue weighted by Gasteiger charge is -2.16. The zero-order chi connectivity index (χ0) is 19.6. The molecule has 0 bridgehead atoms. The summed E-state index contributed by atoms with van der Waals surface area (Å²) < 4.78 is 1.74. The molecule has 0 aliphatic rings. The van der Waals surface area contributed by atoms with Crippen molar-refractivity contribution in [2.45, 2.75) is 77.0 Å². The highest BCUT2D eigenvalue weighted by molar-refractivity contribution is 7.99. The van der Waals surface area contributed by atoms with E-state index in [2.05, 4.69) is 31.1 Å². The van der Waals surface area contributed by atoms with Gasteiger partial charge in [-0.05, 0) is 31.4 Å². The number of hydrogen-bond acceptors (Lipinski definition) is 4. The fourth-order valence-electron chi connectivity index (χ4n) is 3.04. The van der Waals surface area contributed by atoms with Crippen LogP contribution in [0, 0.1) is 0 Å². The predicted molar refractivity (Wildman–Crippen MR) is 113 cm³/mol. The first-order valence-corrected chi connectivity index (χ1v) is 11.0. The monoisotopic (exact) mass is 389 g/mol. The number of amides is 1. The normalized spacial score (nSPS) is 11.3. The maximum Gasteiger partial charge on any atom is 0.262 e. The van der Waals surface area contributed by atoms with Crippen LogP contribution in [-0.4, -0.2) is 27.3 Å². The van der Waals surface area contributed by atoms with Gasteiger partial charge in [0.1, 0.15) is 0 Å². The third-order valence-corrected chi connectivity index (χ3v) is 5.72. The minimum absolute atomic E-state index is 0.00589. The number of aromatic nitrogens is 2. The maximum absolute atomic E-state index is 12.9. The summed E-state index contributed by atoms with van der Waals surface area (Å²) in [6, 6.07) is 7.63. The summed E-state index contributed by atoms with van der Waals surface area (Å²) in [7, 11) is 0. The van der Waals surface area contributed by atoms with Gasteiger partial charge < -0.3 is 5.32 Å². The smallest absolute Gasteiger partial charge is 0.262 e. The Balaban J connectivity index is 2.19. The highest BCUT2D eigenvalue weighted by Gasteiger charge is 2.14. The molecule has 2 rings (SSSR count). The summed E-state index contributed by atoms with van der Waals surface area (Å²) in [4.78, 5) is 29.9. The second kappa shape index (κ2) is 11.1. The number of unbranched alkanes of at least 4 members (excludes halogenated alkanes) is 3. The standard InChI is InChI=1S/C21H31N3O2S/c1-4-7-8-11-14-24-20(26)17-12-9-10-13-18(17)23-21(24)27-15-19(25)22-16(5-2)6-3/h9-10,12-13,16H,4-8,11,14-15H2,1-3H3,(H,22,25). The summed E-state index contributed by atoms with van der Waals surface area (Å²) in [6.45, 7) is 6.96. The van der Waals surface area contributed by atoms with Crippen LogP contribution >= 0.6 is 11.8 Å². The Bertz CT molecular complexity index is 800. The molecule has 0 saturated heterocycles. The van der Waals surface area contributed by atoms with Crippen molar-refractivity contribution in [3.63, 3.8) is 0 Å². The van der Waals surface area contributed by atoms with Gasteiger partial charge in [0.05, 0.1) is 16.7 Å². The van der Waals surface area contributed by atoms with Crippen LogP contribution in [0.25, 0.3) is 10.9 Å². The van der Waals surface area contributed by atoms with Crippen molar-refractivity contribution in [1.29, 1.82) is 0 Å². The fraction of sp³-hybridized carbons (Fsp3) is 0.571. The minimum Gasteiger partial charge on any atom is -0.353 e. The lowest BCUT2D eigenvalue weighted by Crippen LogP contribution is -2.35.